The summed E-state index contributed by atoms with van der Waals surface area (Å²) in [5, 5.41) is 3.48. The number of rotatable bonds is 5. The molecule has 2 aromatic carbocycles. The maximum Gasteiger partial charge on any atom is 0.331 e. The lowest BCUT2D eigenvalue weighted by molar-refractivity contribution is -0.150. The Balaban J connectivity index is 1.75. The topological polar surface area (TPSA) is 41.6 Å². The van der Waals surface area contributed by atoms with E-state index in [-0.39, 0.29) is 11.9 Å². The van der Waals surface area contributed by atoms with Crippen molar-refractivity contribution in [3.8, 4) is 0 Å². The Labute approximate surface area is 149 Å². The normalized spacial score (nSPS) is 23.8. The number of nitrogens with one attached hydrogen (secondary N) is 1. The van der Waals surface area contributed by atoms with Gasteiger partial charge in [-0.1, -0.05) is 55.5 Å². The van der Waals surface area contributed by atoms with Gasteiger partial charge in [0.15, 0.2) is 0 Å². The second kappa shape index (κ2) is 7.70. The average Bonchev–Trinajstić information content (AvgIpc) is 2.65. The number of anilines is 1. The summed E-state index contributed by atoms with van der Waals surface area (Å²) in [6, 6.07) is 20.4. The van der Waals surface area contributed by atoms with E-state index in [4.69, 9.17) is 4.74 Å². The second-order valence-electron chi connectivity index (χ2n) is 6.83. The number of piperidine rings is 1. The number of hydrogen-bond donors (Lipinski definition) is 1. The number of ether oxygens (including phenoxy) is 1. The molecule has 0 saturated carbocycles. The van der Waals surface area contributed by atoms with E-state index in [0.717, 1.165) is 31.7 Å². The van der Waals surface area contributed by atoms with Crippen molar-refractivity contribution in [3.05, 3.63) is 66.2 Å². The quantitative estimate of drug-likeness (QED) is 0.847. The third kappa shape index (κ3) is 3.85. The third-order valence-corrected chi connectivity index (χ3v) is 5.14. The highest BCUT2D eigenvalue weighted by atomic mass is 16.5. The molecule has 0 amide bonds. The van der Waals surface area contributed by atoms with Crippen molar-refractivity contribution in [1.82, 2.24) is 4.90 Å². The minimum Gasteiger partial charge on any atom is -0.467 e. The van der Waals surface area contributed by atoms with Gasteiger partial charge in [-0.2, -0.15) is 0 Å². The number of likely N-dealkylation sites (tertiary alicyclic amines) is 1. The van der Waals surface area contributed by atoms with Gasteiger partial charge in [0.2, 0.25) is 0 Å². The van der Waals surface area contributed by atoms with Gasteiger partial charge in [-0.25, -0.2) is 4.79 Å². The molecular weight excluding hydrogens is 312 g/mol. The summed E-state index contributed by atoms with van der Waals surface area (Å²) in [5.41, 5.74) is 1.58. The largest absolute Gasteiger partial charge is 0.467 e. The van der Waals surface area contributed by atoms with Crippen molar-refractivity contribution in [2.45, 2.75) is 25.4 Å². The number of hydrogen-bond acceptors (Lipinski definition) is 4. The van der Waals surface area contributed by atoms with E-state index in [1.807, 2.05) is 36.4 Å². The van der Waals surface area contributed by atoms with Crippen LogP contribution in [0.2, 0.25) is 0 Å². The number of esters is 1. The van der Waals surface area contributed by atoms with Crippen LogP contribution in [0.1, 0.15) is 18.9 Å². The Hall–Kier alpha value is -2.33. The Morgan fingerprint density at radius 3 is 2.40 bits per heavy atom. The van der Waals surface area contributed by atoms with Crippen LogP contribution >= 0.6 is 0 Å². The number of methoxy groups -OCH3 is 1. The molecule has 0 radical (unpaired) electrons. The van der Waals surface area contributed by atoms with Gasteiger partial charge in [-0.05, 0) is 24.1 Å². The van der Waals surface area contributed by atoms with E-state index in [0.29, 0.717) is 0 Å². The fourth-order valence-corrected chi connectivity index (χ4v) is 3.70. The molecule has 3 rings (SSSR count). The van der Waals surface area contributed by atoms with Crippen LogP contribution in [0.25, 0.3) is 0 Å². The standard InChI is InChI=1S/C21H26N2O2/c1-17-15-23(16-18-9-5-3-6-10-18)14-13-21(17,20(24)25-2)22-19-11-7-4-8-12-19/h3-12,17,22H,13-16H2,1-2H3. The minimum atomic E-state index is -0.677. The summed E-state index contributed by atoms with van der Waals surface area (Å²) in [6.07, 6.45) is 0.725. The second-order valence-corrected chi connectivity index (χ2v) is 6.83. The van der Waals surface area contributed by atoms with Gasteiger partial charge in [0.1, 0.15) is 5.54 Å². The zero-order valence-electron chi connectivity index (χ0n) is 14.9. The smallest absolute Gasteiger partial charge is 0.331 e. The molecule has 1 N–H and O–H groups in total. The summed E-state index contributed by atoms with van der Waals surface area (Å²) in [5.74, 6) is -0.0409. The van der Waals surface area contributed by atoms with Gasteiger partial charge in [-0.15, -0.1) is 0 Å². The lowest BCUT2D eigenvalue weighted by atomic mass is 9.78. The average molecular weight is 338 g/mol. The number of carbonyl (C=O) groups is 1. The molecule has 2 atom stereocenters. The fourth-order valence-electron chi connectivity index (χ4n) is 3.70. The van der Waals surface area contributed by atoms with Crippen molar-refractivity contribution in [2.24, 2.45) is 5.92 Å². The Bertz CT molecular complexity index is 690. The maximum absolute atomic E-state index is 12.7. The maximum atomic E-state index is 12.7. The summed E-state index contributed by atoms with van der Waals surface area (Å²) in [6.45, 7) is 4.75. The SMILES string of the molecule is COC(=O)C1(Nc2ccccc2)CCN(Cc2ccccc2)CC1C. The molecule has 2 unspecified atom stereocenters. The van der Waals surface area contributed by atoms with Crippen molar-refractivity contribution < 1.29 is 9.53 Å². The first-order valence-corrected chi connectivity index (χ1v) is 8.82. The molecular formula is C21H26N2O2. The molecule has 1 fully saturated rings. The predicted molar refractivity (Wildman–Crippen MR) is 100 cm³/mol. The molecule has 1 aliphatic heterocycles. The first-order chi connectivity index (χ1) is 12.1. The van der Waals surface area contributed by atoms with Crippen LogP contribution in [0.15, 0.2) is 60.7 Å². The van der Waals surface area contributed by atoms with E-state index in [2.05, 4.69) is 41.4 Å². The van der Waals surface area contributed by atoms with Crippen LogP contribution in [0.4, 0.5) is 5.69 Å². The van der Waals surface area contributed by atoms with Crippen LogP contribution in [-0.4, -0.2) is 36.6 Å². The van der Waals surface area contributed by atoms with Crippen LogP contribution in [0.3, 0.4) is 0 Å². The van der Waals surface area contributed by atoms with E-state index in [9.17, 15) is 4.79 Å². The Kier molecular flexibility index (Phi) is 5.39. The highest BCUT2D eigenvalue weighted by Gasteiger charge is 2.47. The van der Waals surface area contributed by atoms with Crippen molar-refractivity contribution >= 4 is 11.7 Å². The highest BCUT2D eigenvalue weighted by Crippen LogP contribution is 2.33. The van der Waals surface area contributed by atoms with E-state index in [1.165, 1.54) is 12.7 Å². The van der Waals surface area contributed by atoms with Crippen LogP contribution < -0.4 is 5.32 Å². The lowest BCUT2D eigenvalue weighted by Gasteiger charge is -2.45. The lowest BCUT2D eigenvalue weighted by Crippen LogP contribution is -2.60. The van der Waals surface area contributed by atoms with Gasteiger partial charge in [-0.3, -0.25) is 4.90 Å². The molecule has 0 spiro atoms. The third-order valence-electron chi connectivity index (χ3n) is 5.14. The summed E-state index contributed by atoms with van der Waals surface area (Å²) < 4.78 is 5.17. The molecule has 4 heteroatoms. The van der Waals surface area contributed by atoms with Crippen LogP contribution in [0.5, 0.6) is 0 Å². The molecule has 1 heterocycles. The van der Waals surface area contributed by atoms with E-state index in [1.54, 1.807) is 0 Å². The first kappa shape index (κ1) is 17.5. The molecule has 1 saturated heterocycles. The molecule has 132 valence electrons. The van der Waals surface area contributed by atoms with E-state index >= 15 is 0 Å². The number of para-hydroxylation sites is 1. The summed E-state index contributed by atoms with van der Waals surface area (Å²) in [4.78, 5) is 15.1. The monoisotopic (exact) mass is 338 g/mol. The molecule has 1 aliphatic rings. The van der Waals surface area contributed by atoms with Gasteiger partial charge in [0, 0.05) is 31.2 Å². The summed E-state index contributed by atoms with van der Waals surface area (Å²) in [7, 11) is 1.47. The van der Waals surface area contributed by atoms with Gasteiger partial charge >= 0.3 is 5.97 Å². The number of benzene rings is 2. The zero-order valence-corrected chi connectivity index (χ0v) is 14.9. The van der Waals surface area contributed by atoms with Gasteiger partial charge in [0.05, 0.1) is 7.11 Å². The molecule has 0 aliphatic carbocycles. The van der Waals surface area contributed by atoms with Crippen molar-refractivity contribution in [3.63, 3.8) is 0 Å². The zero-order chi connectivity index (χ0) is 17.7. The van der Waals surface area contributed by atoms with E-state index < -0.39 is 5.54 Å². The summed E-state index contributed by atoms with van der Waals surface area (Å²) >= 11 is 0. The number of carbonyl (C=O) groups excluding carboxylic acids is 1. The highest BCUT2D eigenvalue weighted by molar-refractivity contribution is 5.85. The number of nitrogens with zero attached hydrogens (tertiary/aromatic N) is 1. The van der Waals surface area contributed by atoms with Crippen LogP contribution in [-0.2, 0) is 16.1 Å². The van der Waals surface area contributed by atoms with Crippen molar-refractivity contribution in [2.75, 3.05) is 25.5 Å². The van der Waals surface area contributed by atoms with Crippen molar-refractivity contribution in [1.29, 1.82) is 0 Å². The molecule has 25 heavy (non-hydrogen) atoms. The first-order valence-electron chi connectivity index (χ1n) is 8.82. The fraction of sp³-hybridized carbons (Fsp3) is 0.381. The molecule has 0 bridgehead atoms. The molecule has 0 aromatic heterocycles. The Morgan fingerprint density at radius 1 is 1.16 bits per heavy atom. The van der Waals surface area contributed by atoms with Gasteiger partial charge in [0.25, 0.3) is 0 Å². The minimum absolute atomic E-state index is 0.137. The molecule has 2 aromatic rings. The predicted octanol–water partition coefficient (Wildman–Crippen LogP) is 3.55. The van der Waals surface area contributed by atoms with Crippen LogP contribution in [0, 0.1) is 5.92 Å². The molecule has 4 nitrogen and oxygen atoms in total. The Morgan fingerprint density at radius 2 is 1.80 bits per heavy atom. The van der Waals surface area contributed by atoms with Gasteiger partial charge < -0.3 is 10.1 Å².